The van der Waals surface area contributed by atoms with Crippen molar-refractivity contribution in [2.45, 2.75) is 6.92 Å². The van der Waals surface area contributed by atoms with Crippen LogP contribution >= 0.6 is 0 Å². The van der Waals surface area contributed by atoms with Crippen molar-refractivity contribution in [2.24, 2.45) is 0 Å². The SMILES string of the molecule is CC(=O)c1cc(-c2cn[nH]c2-c2ccc(F)cc2)ccn1. The minimum absolute atomic E-state index is 0.0938. The van der Waals surface area contributed by atoms with Crippen molar-refractivity contribution in [1.29, 1.82) is 0 Å². The Morgan fingerprint density at radius 3 is 2.62 bits per heavy atom. The molecule has 5 heteroatoms. The Hall–Kier alpha value is -2.82. The number of H-pyrrole nitrogens is 1. The van der Waals surface area contributed by atoms with Crippen molar-refractivity contribution in [1.82, 2.24) is 15.2 Å². The molecule has 0 aliphatic rings. The predicted molar refractivity (Wildman–Crippen MR) is 77.2 cm³/mol. The molecule has 104 valence electrons. The Kier molecular flexibility index (Phi) is 3.31. The Labute approximate surface area is 120 Å². The summed E-state index contributed by atoms with van der Waals surface area (Å²) in [5.41, 5.74) is 3.68. The van der Waals surface area contributed by atoms with Gasteiger partial charge in [0.15, 0.2) is 5.78 Å². The molecule has 3 aromatic rings. The quantitative estimate of drug-likeness (QED) is 0.748. The third-order valence-electron chi connectivity index (χ3n) is 3.20. The van der Waals surface area contributed by atoms with Gasteiger partial charge in [0, 0.05) is 24.2 Å². The summed E-state index contributed by atoms with van der Waals surface area (Å²) in [4.78, 5) is 15.5. The van der Waals surface area contributed by atoms with Gasteiger partial charge in [-0.15, -0.1) is 0 Å². The summed E-state index contributed by atoms with van der Waals surface area (Å²) in [6, 6.07) is 9.68. The van der Waals surface area contributed by atoms with E-state index in [2.05, 4.69) is 15.2 Å². The van der Waals surface area contributed by atoms with E-state index in [1.165, 1.54) is 19.1 Å². The molecule has 1 N–H and O–H groups in total. The van der Waals surface area contributed by atoms with Gasteiger partial charge >= 0.3 is 0 Å². The molecular formula is C16H12FN3O. The van der Waals surface area contributed by atoms with Gasteiger partial charge in [0.05, 0.1) is 11.9 Å². The van der Waals surface area contributed by atoms with Crippen LogP contribution in [0.3, 0.4) is 0 Å². The second kappa shape index (κ2) is 5.28. The summed E-state index contributed by atoms with van der Waals surface area (Å²) in [6.07, 6.45) is 3.27. The van der Waals surface area contributed by atoms with Crippen molar-refractivity contribution in [3.8, 4) is 22.4 Å². The van der Waals surface area contributed by atoms with Crippen molar-refractivity contribution in [3.05, 3.63) is 60.3 Å². The molecule has 0 saturated carbocycles. The van der Waals surface area contributed by atoms with E-state index in [-0.39, 0.29) is 11.6 Å². The third kappa shape index (κ3) is 2.58. The number of rotatable bonds is 3. The van der Waals surface area contributed by atoms with Gasteiger partial charge in [-0.2, -0.15) is 5.10 Å². The Morgan fingerprint density at radius 2 is 1.90 bits per heavy atom. The molecule has 0 spiro atoms. The topological polar surface area (TPSA) is 58.6 Å². The monoisotopic (exact) mass is 281 g/mol. The largest absolute Gasteiger partial charge is 0.293 e. The molecule has 4 nitrogen and oxygen atoms in total. The number of hydrogen-bond donors (Lipinski definition) is 1. The zero-order chi connectivity index (χ0) is 14.8. The average Bonchev–Trinajstić information content (AvgIpc) is 2.97. The fraction of sp³-hybridized carbons (Fsp3) is 0.0625. The molecule has 0 radical (unpaired) electrons. The van der Waals surface area contributed by atoms with Crippen molar-refractivity contribution >= 4 is 5.78 Å². The zero-order valence-electron chi connectivity index (χ0n) is 11.3. The fourth-order valence-corrected chi connectivity index (χ4v) is 2.13. The lowest BCUT2D eigenvalue weighted by Crippen LogP contribution is -1.96. The van der Waals surface area contributed by atoms with E-state index in [0.29, 0.717) is 5.69 Å². The van der Waals surface area contributed by atoms with Crippen molar-refractivity contribution in [3.63, 3.8) is 0 Å². The maximum absolute atomic E-state index is 13.0. The number of nitrogens with one attached hydrogen (secondary N) is 1. The van der Waals surface area contributed by atoms with Crippen LogP contribution < -0.4 is 0 Å². The van der Waals surface area contributed by atoms with Gasteiger partial charge in [0.2, 0.25) is 0 Å². The summed E-state index contributed by atoms with van der Waals surface area (Å²) < 4.78 is 13.0. The lowest BCUT2D eigenvalue weighted by atomic mass is 10.0. The summed E-state index contributed by atoms with van der Waals surface area (Å²) in [5.74, 6) is -0.383. The van der Waals surface area contributed by atoms with Crippen LogP contribution in [-0.4, -0.2) is 21.0 Å². The van der Waals surface area contributed by atoms with E-state index in [9.17, 15) is 9.18 Å². The highest BCUT2D eigenvalue weighted by Crippen LogP contribution is 2.30. The minimum atomic E-state index is -0.289. The van der Waals surface area contributed by atoms with Crippen LogP contribution in [0.4, 0.5) is 4.39 Å². The molecule has 0 bridgehead atoms. The van der Waals surface area contributed by atoms with E-state index >= 15 is 0 Å². The van der Waals surface area contributed by atoms with E-state index in [4.69, 9.17) is 0 Å². The summed E-state index contributed by atoms with van der Waals surface area (Å²) in [5, 5.41) is 6.96. The molecule has 3 rings (SSSR count). The normalized spacial score (nSPS) is 10.6. The van der Waals surface area contributed by atoms with Crippen LogP contribution in [0.5, 0.6) is 0 Å². The summed E-state index contributed by atoms with van der Waals surface area (Å²) in [7, 11) is 0. The number of aromatic nitrogens is 3. The second-order valence-electron chi connectivity index (χ2n) is 4.65. The Bertz CT molecular complexity index is 793. The molecule has 0 unspecified atom stereocenters. The first-order valence-electron chi connectivity index (χ1n) is 6.42. The highest BCUT2D eigenvalue weighted by atomic mass is 19.1. The van der Waals surface area contributed by atoms with E-state index < -0.39 is 0 Å². The molecule has 1 aromatic carbocycles. The lowest BCUT2D eigenvalue weighted by Gasteiger charge is -2.05. The first-order valence-corrected chi connectivity index (χ1v) is 6.42. The van der Waals surface area contributed by atoms with Crippen LogP contribution in [0, 0.1) is 5.82 Å². The van der Waals surface area contributed by atoms with E-state index in [1.54, 1.807) is 30.6 Å². The molecule has 2 heterocycles. The molecular weight excluding hydrogens is 269 g/mol. The van der Waals surface area contributed by atoms with Gasteiger partial charge < -0.3 is 0 Å². The molecule has 0 saturated heterocycles. The third-order valence-corrected chi connectivity index (χ3v) is 3.20. The summed E-state index contributed by atoms with van der Waals surface area (Å²) in [6.45, 7) is 1.47. The fourth-order valence-electron chi connectivity index (χ4n) is 2.13. The molecule has 2 aromatic heterocycles. The van der Waals surface area contributed by atoms with E-state index in [1.807, 2.05) is 6.07 Å². The Morgan fingerprint density at radius 1 is 1.14 bits per heavy atom. The minimum Gasteiger partial charge on any atom is -0.293 e. The number of pyridine rings is 1. The highest BCUT2D eigenvalue weighted by molar-refractivity contribution is 5.94. The molecule has 0 aliphatic heterocycles. The molecule has 0 fully saturated rings. The van der Waals surface area contributed by atoms with Crippen molar-refractivity contribution in [2.75, 3.05) is 0 Å². The smallest absolute Gasteiger partial charge is 0.178 e. The van der Waals surface area contributed by atoms with Gasteiger partial charge in [-0.3, -0.25) is 14.9 Å². The number of benzene rings is 1. The number of aromatic amines is 1. The molecule has 0 atom stereocenters. The Balaban J connectivity index is 2.08. The van der Waals surface area contributed by atoms with Crippen molar-refractivity contribution < 1.29 is 9.18 Å². The molecule has 0 aliphatic carbocycles. The van der Waals surface area contributed by atoms with Gasteiger partial charge in [-0.1, -0.05) is 0 Å². The molecule has 0 amide bonds. The van der Waals surface area contributed by atoms with Gasteiger partial charge in [-0.25, -0.2) is 4.39 Å². The van der Waals surface area contributed by atoms with Crippen LogP contribution in [0.1, 0.15) is 17.4 Å². The van der Waals surface area contributed by atoms with Gasteiger partial charge in [0.25, 0.3) is 0 Å². The number of carbonyl (C=O) groups is 1. The van der Waals surface area contributed by atoms with E-state index in [0.717, 1.165) is 22.4 Å². The molecule has 21 heavy (non-hydrogen) atoms. The van der Waals surface area contributed by atoms with Gasteiger partial charge in [0.1, 0.15) is 11.5 Å². The summed E-state index contributed by atoms with van der Waals surface area (Å²) >= 11 is 0. The standard InChI is InChI=1S/C16H12FN3O/c1-10(21)15-8-12(6-7-18-15)14-9-19-20-16(14)11-2-4-13(17)5-3-11/h2-9H,1H3,(H,19,20). The van der Waals surface area contributed by atoms with Crippen LogP contribution in [0.15, 0.2) is 48.8 Å². The zero-order valence-corrected chi connectivity index (χ0v) is 11.3. The second-order valence-corrected chi connectivity index (χ2v) is 4.65. The first kappa shape index (κ1) is 13.2. The number of hydrogen-bond acceptors (Lipinski definition) is 3. The predicted octanol–water partition coefficient (Wildman–Crippen LogP) is 3.48. The number of ketones is 1. The van der Waals surface area contributed by atoms with Crippen LogP contribution in [0.25, 0.3) is 22.4 Å². The first-order chi connectivity index (χ1) is 10.1. The maximum Gasteiger partial charge on any atom is 0.178 e. The highest BCUT2D eigenvalue weighted by Gasteiger charge is 2.11. The van der Waals surface area contributed by atoms with Crippen LogP contribution in [0.2, 0.25) is 0 Å². The number of Topliss-reactive ketones (excluding diaryl/α,β-unsaturated/α-hetero) is 1. The van der Waals surface area contributed by atoms with Gasteiger partial charge in [-0.05, 0) is 42.0 Å². The number of carbonyl (C=O) groups excluding carboxylic acids is 1. The number of nitrogens with zero attached hydrogens (tertiary/aromatic N) is 2. The maximum atomic E-state index is 13.0. The number of halogens is 1. The lowest BCUT2D eigenvalue weighted by molar-refractivity contribution is 0.101. The van der Waals surface area contributed by atoms with Crippen LogP contribution in [-0.2, 0) is 0 Å². The average molecular weight is 281 g/mol.